The Bertz CT molecular complexity index is 699. The van der Waals surface area contributed by atoms with Crippen LogP contribution in [0.15, 0.2) is 41.3 Å². The summed E-state index contributed by atoms with van der Waals surface area (Å²) >= 11 is 0. The van der Waals surface area contributed by atoms with Gasteiger partial charge in [0.25, 0.3) is 10.0 Å². The lowest BCUT2D eigenvalue weighted by atomic mass is 10.2. The van der Waals surface area contributed by atoms with E-state index in [2.05, 4.69) is 20.2 Å². The van der Waals surface area contributed by atoms with E-state index in [0.717, 1.165) is 13.0 Å². The van der Waals surface area contributed by atoms with Crippen LogP contribution < -0.4 is 10.0 Å². The molecule has 0 aliphatic heterocycles. The van der Waals surface area contributed by atoms with Crippen LogP contribution in [0.3, 0.4) is 0 Å². The number of aromatic nitrogens is 2. The summed E-state index contributed by atoms with van der Waals surface area (Å²) in [6, 6.07) is 10.1. The van der Waals surface area contributed by atoms with Crippen molar-refractivity contribution in [2.45, 2.75) is 25.2 Å². The number of hydrogen-bond acceptors (Lipinski definition) is 5. The molecule has 0 atom stereocenters. The highest BCUT2D eigenvalue weighted by Gasteiger charge is 2.17. The van der Waals surface area contributed by atoms with Gasteiger partial charge in [0.1, 0.15) is 5.82 Å². The Morgan fingerprint density at radius 2 is 1.71 bits per heavy atom. The van der Waals surface area contributed by atoms with E-state index < -0.39 is 10.0 Å². The molecular weight excluding hydrogens is 288 g/mol. The number of nitrogens with one attached hydrogen (secondary N) is 2. The summed E-state index contributed by atoms with van der Waals surface area (Å²) in [5.74, 6) is 0.816. The molecule has 112 valence electrons. The first kappa shape index (κ1) is 15.2. The maximum Gasteiger partial charge on any atom is 0.263 e. The van der Waals surface area contributed by atoms with E-state index in [1.54, 1.807) is 43.3 Å². The predicted molar refractivity (Wildman–Crippen MR) is 82.8 cm³/mol. The van der Waals surface area contributed by atoms with Gasteiger partial charge in [0.2, 0.25) is 0 Å². The number of anilines is 2. The number of aryl methyl sites for hydroxylation is 1. The van der Waals surface area contributed by atoms with Crippen LogP contribution >= 0.6 is 0 Å². The van der Waals surface area contributed by atoms with Crippen LogP contribution in [0, 0.1) is 6.92 Å². The number of rotatable bonds is 6. The zero-order valence-corrected chi connectivity index (χ0v) is 12.8. The van der Waals surface area contributed by atoms with E-state index in [1.165, 1.54) is 0 Å². The van der Waals surface area contributed by atoms with Gasteiger partial charge in [0, 0.05) is 6.54 Å². The Balaban J connectivity index is 2.16. The molecule has 6 nitrogen and oxygen atoms in total. The van der Waals surface area contributed by atoms with Crippen LogP contribution in [-0.2, 0) is 10.0 Å². The van der Waals surface area contributed by atoms with Gasteiger partial charge in [0.05, 0.1) is 4.90 Å². The molecule has 7 heteroatoms. The first-order valence-corrected chi connectivity index (χ1v) is 8.17. The molecule has 1 heterocycles. The zero-order chi connectivity index (χ0) is 15.3. The Hall–Kier alpha value is -2.15. The molecule has 0 aliphatic carbocycles. The molecule has 0 amide bonds. The number of benzene rings is 1. The van der Waals surface area contributed by atoms with Gasteiger partial charge in [-0.05, 0) is 37.1 Å². The van der Waals surface area contributed by atoms with Gasteiger partial charge >= 0.3 is 0 Å². The Kier molecular flexibility index (Phi) is 4.74. The van der Waals surface area contributed by atoms with E-state index in [4.69, 9.17) is 0 Å². The Labute approximate surface area is 124 Å². The Morgan fingerprint density at radius 3 is 2.33 bits per heavy atom. The van der Waals surface area contributed by atoms with Gasteiger partial charge < -0.3 is 5.32 Å². The van der Waals surface area contributed by atoms with Crippen LogP contribution in [0.25, 0.3) is 0 Å². The van der Waals surface area contributed by atoms with Gasteiger partial charge in [-0.1, -0.05) is 25.1 Å². The summed E-state index contributed by atoms with van der Waals surface area (Å²) < 4.78 is 27.0. The lowest BCUT2D eigenvalue weighted by molar-refractivity contribution is 0.600. The monoisotopic (exact) mass is 306 g/mol. The van der Waals surface area contributed by atoms with E-state index >= 15 is 0 Å². The van der Waals surface area contributed by atoms with Gasteiger partial charge in [-0.3, -0.25) is 4.72 Å². The minimum Gasteiger partial charge on any atom is -0.369 e. The molecular formula is C14H18N4O2S. The minimum absolute atomic E-state index is 0.195. The number of nitrogens with zero attached hydrogens (tertiary/aromatic N) is 2. The fourth-order valence-electron chi connectivity index (χ4n) is 1.78. The molecule has 0 spiro atoms. The van der Waals surface area contributed by atoms with Gasteiger partial charge in [0.15, 0.2) is 5.82 Å². The molecule has 0 radical (unpaired) electrons. The minimum atomic E-state index is -3.65. The van der Waals surface area contributed by atoms with E-state index in [9.17, 15) is 8.42 Å². The van der Waals surface area contributed by atoms with Gasteiger partial charge in [-0.2, -0.15) is 0 Å². The van der Waals surface area contributed by atoms with E-state index in [-0.39, 0.29) is 10.7 Å². The maximum atomic E-state index is 12.3. The lowest BCUT2D eigenvalue weighted by Gasteiger charge is -2.09. The van der Waals surface area contributed by atoms with Crippen molar-refractivity contribution in [2.24, 2.45) is 0 Å². The van der Waals surface area contributed by atoms with E-state index in [0.29, 0.717) is 11.4 Å². The highest BCUT2D eigenvalue weighted by atomic mass is 32.2. The quantitative estimate of drug-likeness (QED) is 0.856. The molecule has 2 N–H and O–H groups in total. The van der Waals surface area contributed by atoms with Crippen LogP contribution in [0.4, 0.5) is 11.6 Å². The predicted octanol–water partition coefficient (Wildman–Crippen LogP) is 2.41. The van der Waals surface area contributed by atoms with Crippen molar-refractivity contribution in [2.75, 3.05) is 16.6 Å². The molecule has 2 rings (SSSR count). The van der Waals surface area contributed by atoms with Crippen molar-refractivity contribution >= 4 is 21.7 Å². The molecule has 1 aromatic heterocycles. The molecule has 2 aromatic rings. The van der Waals surface area contributed by atoms with Crippen molar-refractivity contribution in [3.8, 4) is 0 Å². The van der Waals surface area contributed by atoms with E-state index in [1.807, 2.05) is 6.92 Å². The van der Waals surface area contributed by atoms with Crippen molar-refractivity contribution in [3.63, 3.8) is 0 Å². The fourth-order valence-corrected chi connectivity index (χ4v) is 3.03. The third-order valence-electron chi connectivity index (χ3n) is 2.84. The smallest absolute Gasteiger partial charge is 0.263 e. The SMILES string of the molecule is CCCNc1ccc(NS(=O)(=O)c2ccccc2C)nn1. The average Bonchev–Trinajstić information content (AvgIpc) is 2.46. The second-order valence-corrected chi connectivity index (χ2v) is 6.25. The zero-order valence-electron chi connectivity index (χ0n) is 12.0. The van der Waals surface area contributed by atoms with Crippen LogP contribution in [-0.4, -0.2) is 25.2 Å². The second-order valence-electron chi connectivity index (χ2n) is 4.60. The summed E-state index contributed by atoms with van der Waals surface area (Å²) in [5.41, 5.74) is 0.680. The van der Waals surface area contributed by atoms with Crippen molar-refractivity contribution < 1.29 is 8.42 Å². The second kappa shape index (κ2) is 6.53. The molecule has 0 bridgehead atoms. The normalized spacial score (nSPS) is 11.1. The molecule has 0 aliphatic rings. The molecule has 0 fully saturated rings. The highest BCUT2D eigenvalue weighted by Crippen LogP contribution is 2.17. The van der Waals surface area contributed by atoms with Crippen LogP contribution in [0.1, 0.15) is 18.9 Å². The summed E-state index contributed by atoms with van der Waals surface area (Å²) in [7, 11) is -3.65. The molecule has 0 saturated heterocycles. The topological polar surface area (TPSA) is 84.0 Å². The Morgan fingerprint density at radius 1 is 1.05 bits per heavy atom. The summed E-state index contributed by atoms with van der Waals surface area (Å²) in [6.07, 6.45) is 0.976. The summed E-state index contributed by atoms with van der Waals surface area (Å²) in [5, 5.41) is 10.9. The first-order chi connectivity index (χ1) is 10.0. The average molecular weight is 306 g/mol. The molecule has 21 heavy (non-hydrogen) atoms. The molecule has 0 unspecified atom stereocenters. The first-order valence-electron chi connectivity index (χ1n) is 6.69. The lowest BCUT2D eigenvalue weighted by Crippen LogP contribution is -2.15. The molecule has 0 saturated carbocycles. The third kappa shape index (κ3) is 3.91. The summed E-state index contributed by atoms with van der Waals surface area (Å²) in [6.45, 7) is 4.59. The maximum absolute atomic E-state index is 12.3. The molecule has 1 aromatic carbocycles. The van der Waals surface area contributed by atoms with Crippen molar-refractivity contribution in [1.82, 2.24) is 10.2 Å². The van der Waals surface area contributed by atoms with Crippen molar-refractivity contribution in [3.05, 3.63) is 42.0 Å². The van der Waals surface area contributed by atoms with Crippen LogP contribution in [0.2, 0.25) is 0 Å². The fraction of sp³-hybridized carbons (Fsp3) is 0.286. The number of sulfonamides is 1. The highest BCUT2D eigenvalue weighted by molar-refractivity contribution is 7.92. The van der Waals surface area contributed by atoms with Gasteiger partial charge in [-0.15, -0.1) is 10.2 Å². The largest absolute Gasteiger partial charge is 0.369 e. The van der Waals surface area contributed by atoms with Crippen LogP contribution in [0.5, 0.6) is 0 Å². The van der Waals surface area contributed by atoms with Crippen molar-refractivity contribution in [1.29, 1.82) is 0 Å². The third-order valence-corrected chi connectivity index (χ3v) is 4.36. The van der Waals surface area contributed by atoms with Gasteiger partial charge in [-0.25, -0.2) is 8.42 Å². The number of hydrogen-bond donors (Lipinski definition) is 2. The summed E-state index contributed by atoms with van der Waals surface area (Å²) in [4.78, 5) is 0.236. The standard InChI is InChI=1S/C14H18N4O2S/c1-3-10-15-13-8-9-14(17-16-13)18-21(19,20)12-7-5-4-6-11(12)2/h4-9H,3,10H2,1-2H3,(H,15,16)(H,17,18).